The number of thioether (sulfide) groups is 1. The van der Waals surface area contributed by atoms with Crippen molar-refractivity contribution >= 4 is 17.7 Å². The lowest BCUT2D eigenvalue weighted by Gasteiger charge is -2.15. The Labute approximate surface area is 114 Å². The zero-order valence-electron chi connectivity index (χ0n) is 11.5. The highest BCUT2D eigenvalue weighted by Gasteiger charge is 2.13. The third kappa shape index (κ3) is 4.35. The van der Waals surface area contributed by atoms with Gasteiger partial charge in [-0.2, -0.15) is 0 Å². The van der Waals surface area contributed by atoms with Crippen molar-refractivity contribution < 1.29 is 4.79 Å². The van der Waals surface area contributed by atoms with Crippen molar-refractivity contribution in [3.63, 3.8) is 0 Å². The zero-order valence-corrected chi connectivity index (χ0v) is 12.3. The second-order valence-corrected chi connectivity index (χ2v) is 5.64. The van der Waals surface area contributed by atoms with Crippen LogP contribution in [0.5, 0.6) is 0 Å². The highest BCUT2D eigenvalue weighted by atomic mass is 32.2. The zero-order chi connectivity index (χ0) is 13.5. The number of amides is 1. The van der Waals surface area contributed by atoms with Gasteiger partial charge in [-0.1, -0.05) is 19.1 Å². The molecule has 1 amide bonds. The summed E-state index contributed by atoms with van der Waals surface area (Å²) >= 11 is 1.59. The molecular weight excluding hydrogens is 244 g/mol. The second-order valence-electron chi connectivity index (χ2n) is 4.23. The van der Waals surface area contributed by atoms with E-state index in [9.17, 15) is 4.79 Å². The largest absolute Gasteiger partial charge is 0.358 e. The van der Waals surface area contributed by atoms with Crippen LogP contribution in [-0.4, -0.2) is 24.7 Å². The van der Waals surface area contributed by atoms with Crippen LogP contribution < -0.4 is 10.6 Å². The SMILES string of the molecule is CCNC(C)c1cccc(SC(C)C(=O)NC)c1. The Kier molecular flexibility index (Phi) is 6.22. The first-order valence-electron chi connectivity index (χ1n) is 6.30. The maximum atomic E-state index is 11.5. The monoisotopic (exact) mass is 266 g/mol. The van der Waals surface area contributed by atoms with Gasteiger partial charge in [0.05, 0.1) is 5.25 Å². The molecule has 0 aliphatic carbocycles. The van der Waals surface area contributed by atoms with Gasteiger partial charge in [-0.3, -0.25) is 4.79 Å². The molecule has 0 fully saturated rings. The van der Waals surface area contributed by atoms with E-state index in [-0.39, 0.29) is 11.2 Å². The maximum absolute atomic E-state index is 11.5. The van der Waals surface area contributed by atoms with Crippen molar-refractivity contribution in [3.05, 3.63) is 29.8 Å². The minimum atomic E-state index is -0.0697. The van der Waals surface area contributed by atoms with Gasteiger partial charge in [-0.05, 0) is 38.1 Å². The van der Waals surface area contributed by atoms with Crippen LogP contribution in [0.4, 0.5) is 0 Å². The summed E-state index contributed by atoms with van der Waals surface area (Å²) < 4.78 is 0. The molecule has 0 aromatic heterocycles. The Balaban J connectivity index is 2.73. The summed E-state index contributed by atoms with van der Waals surface area (Å²) in [6.45, 7) is 7.12. The van der Waals surface area contributed by atoms with E-state index in [2.05, 4.69) is 36.6 Å². The average molecular weight is 266 g/mol. The van der Waals surface area contributed by atoms with Crippen LogP contribution in [-0.2, 0) is 4.79 Å². The molecule has 0 aliphatic rings. The Morgan fingerprint density at radius 2 is 2.11 bits per heavy atom. The number of carbonyl (C=O) groups excluding carboxylic acids is 1. The van der Waals surface area contributed by atoms with E-state index in [1.807, 2.05) is 19.1 Å². The number of hydrogen-bond acceptors (Lipinski definition) is 3. The molecule has 0 spiro atoms. The van der Waals surface area contributed by atoms with Gasteiger partial charge in [0.2, 0.25) is 5.91 Å². The highest BCUT2D eigenvalue weighted by molar-refractivity contribution is 8.00. The van der Waals surface area contributed by atoms with E-state index in [4.69, 9.17) is 0 Å². The summed E-state index contributed by atoms with van der Waals surface area (Å²) in [7, 11) is 1.67. The minimum absolute atomic E-state index is 0.0603. The van der Waals surface area contributed by atoms with Crippen LogP contribution in [0.2, 0.25) is 0 Å². The van der Waals surface area contributed by atoms with Crippen LogP contribution >= 0.6 is 11.8 Å². The number of hydrogen-bond donors (Lipinski definition) is 2. The first-order chi connectivity index (χ1) is 8.58. The molecular formula is C14H22N2OS. The third-order valence-electron chi connectivity index (χ3n) is 2.80. The third-order valence-corrected chi connectivity index (χ3v) is 3.89. The second kappa shape index (κ2) is 7.44. The maximum Gasteiger partial charge on any atom is 0.232 e. The van der Waals surface area contributed by atoms with Crippen molar-refractivity contribution in [3.8, 4) is 0 Å². The molecule has 1 aromatic carbocycles. The van der Waals surface area contributed by atoms with E-state index >= 15 is 0 Å². The minimum Gasteiger partial charge on any atom is -0.358 e. The summed E-state index contributed by atoms with van der Waals surface area (Å²) in [4.78, 5) is 12.6. The van der Waals surface area contributed by atoms with E-state index < -0.39 is 0 Å². The molecule has 0 saturated carbocycles. The number of nitrogens with one attached hydrogen (secondary N) is 2. The van der Waals surface area contributed by atoms with Gasteiger partial charge in [0.25, 0.3) is 0 Å². The van der Waals surface area contributed by atoms with Gasteiger partial charge in [0.15, 0.2) is 0 Å². The van der Waals surface area contributed by atoms with Crippen LogP contribution in [0.25, 0.3) is 0 Å². The van der Waals surface area contributed by atoms with E-state index in [0.717, 1.165) is 11.4 Å². The lowest BCUT2D eigenvalue weighted by Crippen LogP contribution is -2.27. The number of rotatable bonds is 6. The number of carbonyl (C=O) groups is 1. The van der Waals surface area contributed by atoms with Crippen molar-refractivity contribution in [1.82, 2.24) is 10.6 Å². The molecule has 0 heterocycles. The molecule has 1 rings (SSSR count). The van der Waals surface area contributed by atoms with Crippen molar-refractivity contribution in [2.75, 3.05) is 13.6 Å². The molecule has 0 bridgehead atoms. The van der Waals surface area contributed by atoms with Gasteiger partial charge >= 0.3 is 0 Å². The highest BCUT2D eigenvalue weighted by Crippen LogP contribution is 2.26. The average Bonchev–Trinajstić information content (AvgIpc) is 2.38. The summed E-state index contributed by atoms with van der Waals surface area (Å²) in [5.74, 6) is 0.0603. The van der Waals surface area contributed by atoms with Gasteiger partial charge < -0.3 is 10.6 Å². The molecule has 0 saturated heterocycles. The molecule has 100 valence electrons. The molecule has 18 heavy (non-hydrogen) atoms. The summed E-state index contributed by atoms with van der Waals surface area (Å²) in [5, 5.41) is 5.99. The molecule has 2 N–H and O–H groups in total. The summed E-state index contributed by atoms with van der Waals surface area (Å²) in [6, 6.07) is 8.69. The number of benzene rings is 1. The molecule has 2 unspecified atom stereocenters. The van der Waals surface area contributed by atoms with Crippen molar-refractivity contribution in [1.29, 1.82) is 0 Å². The van der Waals surface area contributed by atoms with Crippen LogP contribution in [0.15, 0.2) is 29.2 Å². The summed E-state index contributed by atoms with van der Waals surface area (Å²) in [6.07, 6.45) is 0. The predicted molar refractivity (Wildman–Crippen MR) is 77.9 cm³/mol. The fourth-order valence-corrected chi connectivity index (χ4v) is 2.74. The molecule has 3 nitrogen and oxygen atoms in total. The van der Waals surface area contributed by atoms with Gasteiger partial charge in [-0.15, -0.1) is 11.8 Å². The van der Waals surface area contributed by atoms with Gasteiger partial charge in [0, 0.05) is 18.0 Å². The smallest absolute Gasteiger partial charge is 0.232 e. The van der Waals surface area contributed by atoms with Crippen LogP contribution in [0.1, 0.15) is 32.4 Å². The molecule has 0 aliphatic heterocycles. The topological polar surface area (TPSA) is 41.1 Å². The predicted octanol–water partition coefficient (Wildman–Crippen LogP) is 2.58. The Hall–Kier alpha value is -1.00. The lowest BCUT2D eigenvalue weighted by atomic mass is 10.1. The lowest BCUT2D eigenvalue weighted by molar-refractivity contribution is -0.119. The molecule has 1 aromatic rings. The summed E-state index contributed by atoms with van der Waals surface area (Å²) in [5.41, 5.74) is 1.26. The quantitative estimate of drug-likeness (QED) is 0.778. The van der Waals surface area contributed by atoms with Gasteiger partial charge in [-0.25, -0.2) is 0 Å². The normalized spacial score (nSPS) is 14.0. The molecule has 4 heteroatoms. The first kappa shape index (κ1) is 15.1. The Morgan fingerprint density at radius 3 is 2.72 bits per heavy atom. The fourth-order valence-electron chi connectivity index (χ4n) is 1.74. The van der Waals surface area contributed by atoms with E-state index in [0.29, 0.717) is 6.04 Å². The first-order valence-corrected chi connectivity index (χ1v) is 7.18. The van der Waals surface area contributed by atoms with E-state index in [1.54, 1.807) is 18.8 Å². The van der Waals surface area contributed by atoms with Crippen LogP contribution in [0.3, 0.4) is 0 Å². The standard InChI is InChI=1S/C14H22N2OS/c1-5-16-10(2)12-7-6-8-13(9-12)18-11(3)14(17)15-4/h6-11,16H,5H2,1-4H3,(H,15,17). The van der Waals surface area contributed by atoms with Crippen molar-refractivity contribution in [2.45, 2.75) is 37.0 Å². The molecule has 2 atom stereocenters. The van der Waals surface area contributed by atoms with Crippen molar-refractivity contribution in [2.24, 2.45) is 0 Å². The van der Waals surface area contributed by atoms with Gasteiger partial charge in [0.1, 0.15) is 0 Å². The molecule has 0 radical (unpaired) electrons. The van der Waals surface area contributed by atoms with Crippen LogP contribution in [0, 0.1) is 0 Å². The Morgan fingerprint density at radius 1 is 1.39 bits per heavy atom. The Bertz CT molecular complexity index is 395. The van der Waals surface area contributed by atoms with E-state index in [1.165, 1.54) is 5.56 Å². The fraction of sp³-hybridized carbons (Fsp3) is 0.500.